The number of piperazine rings is 1. The van der Waals surface area contributed by atoms with Gasteiger partial charge in [-0.3, -0.25) is 9.69 Å². The van der Waals surface area contributed by atoms with E-state index >= 15 is 0 Å². The predicted molar refractivity (Wildman–Crippen MR) is 54.0 cm³/mol. The van der Waals surface area contributed by atoms with Gasteiger partial charge in [-0.15, -0.1) is 0 Å². The van der Waals surface area contributed by atoms with Crippen LogP contribution in [0.25, 0.3) is 0 Å². The number of aliphatic hydroxyl groups is 1. The van der Waals surface area contributed by atoms with Gasteiger partial charge in [0.05, 0.1) is 13.2 Å². The minimum Gasteiger partial charge on any atom is -0.395 e. The fourth-order valence-electron chi connectivity index (χ4n) is 1.46. The molecule has 82 valence electrons. The van der Waals surface area contributed by atoms with Gasteiger partial charge in [0, 0.05) is 32.7 Å². The summed E-state index contributed by atoms with van der Waals surface area (Å²) in [6, 6.07) is 0. The number of likely N-dealkylation sites (N-methyl/N-ethyl adjacent to an activating group) is 1. The van der Waals surface area contributed by atoms with Gasteiger partial charge in [0.25, 0.3) is 0 Å². The Kier molecular flexibility index (Phi) is 4.86. The van der Waals surface area contributed by atoms with E-state index in [0.29, 0.717) is 13.1 Å². The van der Waals surface area contributed by atoms with Crippen molar-refractivity contribution in [1.29, 1.82) is 0 Å². The number of hydrogen-bond acceptors (Lipinski definition) is 4. The lowest BCUT2D eigenvalue weighted by molar-refractivity contribution is -0.122. The highest BCUT2D eigenvalue weighted by atomic mass is 16.3. The van der Waals surface area contributed by atoms with Gasteiger partial charge in [0.1, 0.15) is 0 Å². The summed E-state index contributed by atoms with van der Waals surface area (Å²) in [4.78, 5) is 15.7. The molecule has 1 saturated heterocycles. The average Bonchev–Trinajstić information content (AvgIpc) is 2.18. The second-order valence-corrected chi connectivity index (χ2v) is 3.65. The van der Waals surface area contributed by atoms with Crippen LogP contribution in [0.2, 0.25) is 0 Å². The first kappa shape index (κ1) is 11.4. The maximum atomic E-state index is 11.3. The highest BCUT2D eigenvalue weighted by Crippen LogP contribution is 1.97. The Morgan fingerprint density at radius 1 is 1.36 bits per heavy atom. The monoisotopic (exact) mass is 201 g/mol. The maximum Gasteiger partial charge on any atom is 0.234 e. The van der Waals surface area contributed by atoms with Crippen LogP contribution in [0, 0.1) is 0 Å². The normalized spacial score (nSPS) is 19.6. The second-order valence-electron chi connectivity index (χ2n) is 3.65. The van der Waals surface area contributed by atoms with Crippen molar-refractivity contribution in [3.63, 3.8) is 0 Å². The molecule has 2 N–H and O–H groups in total. The molecule has 0 spiro atoms. The lowest BCUT2D eigenvalue weighted by atomic mass is 10.3. The quantitative estimate of drug-likeness (QED) is 0.572. The number of rotatable bonds is 4. The first-order chi connectivity index (χ1) is 6.72. The van der Waals surface area contributed by atoms with Crippen molar-refractivity contribution in [2.75, 3.05) is 52.9 Å². The highest BCUT2D eigenvalue weighted by molar-refractivity contribution is 5.77. The van der Waals surface area contributed by atoms with Gasteiger partial charge in [-0.2, -0.15) is 0 Å². The van der Waals surface area contributed by atoms with Crippen LogP contribution in [0.15, 0.2) is 0 Å². The van der Waals surface area contributed by atoms with Gasteiger partial charge in [-0.1, -0.05) is 0 Å². The number of aliphatic hydroxyl groups excluding tert-OH is 1. The van der Waals surface area contributed by atoms with E-state index < -0.39 is 0 Å². The summed E-state index contributed by atoms with van der Waals surface area (Å²) in [7, 11) is 2.09. The third-order valence-electron chi connectivity index (χ3n) is 2.40. The predicted octanol–water partition coefficient (Wildman–Crippen LogP) is -1.66. The van der Waals surface area contributed by atoms with Gasteiger partial charge >= 0.3 is 0 Å². The Morgan fingerprint density at radius 3 is 2.57 bits per heavy atom. The molecule has 1 heterocycles. The molecule has 0 saturated carbocycles. The molecule has 0 aromatic rings. The number of nitrogens with zero attached hydrogens (tertiary/aromatic N) is 2. The standard InChI is InChI=1S/C9H19N3O2/c1-11-3-5-12(6-4-11)8-9(14)10-2-7-13/h13H,2-8H2,1H3,(H,10,14). The van der Waals surface area contributed by atoms with Crippen molar-refractivity contribution in [2.24, 2.45) is 0 Å². The lowest BCUT2D eigenvalue weighted by Gasteiger charge is -2.31. The fourth-order valence-corrected chi connectivity index (χ4v) is 1.46. The van der Waals surface area contributed by atoms with Gasteiger partial charge in [-0.25, -0.2) is 0 Å². The Bertz CT molecular complexity index is 179. The average molecular weight is 201 g/mol. The van der Waals surface area contributed by atoms with Crippen molar-refractivity contribution in [1.82, 2.24) is 15.1 Å². The van der Waals surface area contributed by atoms with Crippen LogP contribution < -0.4 is 5.32 Å². The summed E-state index contributed by atoms with van der Waals surface area (Å²) in [6.45, 7) is 4.75. The minimum absolute atomic E-state index is 0.00334. The molecule has 0 radical (unpaired) electrons. The molecule has 0 unspecified atom stereocenters. The summed E-state index contributed by atoms with van der Waals surface area (Å²) in [5.41, 5.74) is 0. The first-order valence-electron chi connectivity index (χ1n) is 5.01. The lowest BCUT2D eigenvalue weighted by Crippen LogP contribution is -2.48. The van der Waals surface area contributed by atoms with Crippen LogP contribution >= 0.6 is 0 Å². The van der Waals surface area contributed by atoms with E-state index in [9.17, 15) is 4.79 Å². The van der Waals surface area contributed by atoms with Crippen LogP contribution in [0.5, 0.6) is 0 Å². The van der Waals surface area contributed by atoms with Crippen molar-refractivity contribution >= 4 is 5.91 Å². The van der Waals surface area contributed by atoms with Crippen molar-refractivity contribution < 1.29 is 9.90 Å². The zero-order chi connectivity index (χ0) is 10.4. The molecular formula is C9H19N3O2. The number of amides is 1. The molecule has 0 aliphatic carbocycles. The van der Waals surface area contributed by atoms with E-state index in [1.165, 1.54) is 0 Å². The SMILES string of the molecule is CN1CCN(CC(=O)NCCO)CC1. The zero-order valence-corrected chi connectivity index (χ0v) is 8.70. The first-order valence-corrected chi connectivity index (χ1v) is 5.01. The van der Waals surface area contributed by atoms with E-state index in [0.717, 1.165) is 26.2 Å². The molecule has 1 aliphatic heterocycles. The van der Waals surface area contributed by atoms with Gasteiger partial charge in [0.2, 0.25) is 5.91 Å². The molecule has 1 amide bonds. The molecule has 0 atom stereocenters. The second kappa shape index (κ2) is 5.95. The Hall–Kier alpha value is -0.650. The summed E-state index contributed by atoms with van der Waals surface area (Å²) >= 11 is 0. The molecular weight excluding hydrogens is 182 g/mol. The molecule has 5 heteroatoms. The Morgan fingerprint density at radius 2 is 2.00 bits per heavy atom. The van der Waals surface area contributed by atoms with Crippen molar-refractivity contribution in [2.45, 2.75) is 0 Å². The van der Waals surface area contributed by atoms with Crippen LogP contribution in [0.1, 0.15) is 0 Å². The number of hydrogen-bond donors (Lipinski definition) is 2. The largest absolute Gasteiger partial charge is 0.395 e. The zero-order valence-electron chi connectivity index (χ0n) is 8.70. The third-order valence-corrected chi connectivity index (χ3v) is 2.40. The molecule has 0 aromatic heterocycles. The van der Waals surface area contributed by atoms with Crippen LogP contribution in [-0.4, -0.2) is 73.7 Å². The van der Waals surface area contributed by atoms with Crippen molar-refractivity contribution in [3.05, 3.63) is 0 Å². The number of nitrogens with one attached hydrogen (secondary N) is 1. The molecule has 1 fully saturated rings. The summed E-state index contributed by atoms with van der Waals surface area (Å²) in [5.74, 6) is 0.00334. The Labute approximate surface area is 84.7 Å². The van der Waals surface area contributed by atoms with Gasteiger partial charge in [-0.05, 0) is 7.05 Å². The number of carbonyl (C=O) groups is 1. The van der Waals surface area contributed by atoms with Gasteiger partial charge < -0.3 is 15.3 Å². The van der Waals surface area contributed by atoms with Crippen LogP contribution in [-0.2, 0) is 4.79 Å². The van der Waals surface area contributed by atoms with E-state index in [1.807, 2.05) is 0 Å². The molecule has 14 heavy (non-hydrogen) atoms. The molecule has 0 bridgehead atoms. The third kappa shape index (κ3) is 4.04. The summed E-state index contributed by atoms with van der Waals surface area (Å²) < 4.78 is 0. The van der Waals surface area contributed by atoms with Crippen LogP contribution in [0.4, 0.5) is 0 Å². The van der Waals surface area contributed by atoms with E-state index in [4.69, 9.17) is 5.11 Å². The topological polar surface area (TPSA) is 55.8 Å². The molecule has 1 rings (SSSR count). The summed E-state index contributed by atoms with van der Waals surface area (Å²) in [6.07, 6.45) is 0. The fraction of sp³-hybridized carbons (Fsp3) is 0.889. The van der Waals surface area contributed by atoms with Crippen molar-refractivity contribution in [3.8, 4) is 0 Å². The minimum atomic E-state index is 0.00334. The van der Waals surface area contributed by atoms with Crippen LogP contribution in [0.3, 0.4) is 0 Å². The van der Waals surface area contributed by atoms with Gasteiger partial charge in [0.15, 0.2) is 0 Å². The number of carbonyl (C=O) groups excluding carboxylic acids is 1. The highest BCUT2D eigenvalue weighted by Gasteiger charge is 2.15. The van der Waals surface area contributed by atoms with E-state index in [1.54, 1.807) is 0 Å². The summed E-state index contributed by atoms with van der Waals surface area (Å²) in [5, 5.41) is 11.2. The van der Waals surface area contributed by atoms with E-state index in [2.05, 4.69) is 22.2 Å². The smallest absolute Gasteiger partial charge is 0.234 e. The molecule has 5 nitrogen and oxygen atoms in total. The van der Waals surface area contributed by atoms with E-state index in [-0.39, 0.29) is 12.5 Å². The maximum absolute atomic E-state index is 11.3. The Balaban J connectivity index is 2.14. The molecule has 0 aromatic carbocycles. The molecule has 1 aliphatic rings.